The van der Waals surface area contributed by atoms with Gasteiger partial charge in [0.05, 0.1) is 25.9 Å². The summed E-state index contributed by atoms with van der Waals surface area (Å²) in [5, 5.41) is 19.1. The van der Waals surface area contributed by atoms with Crippen molar-refractivity contribution in [2.24, 2.45) is 5.92 Å². The highest BCUT2D eigenvalue weighted by Gasteiger charge is 2.22. The smallest absolute Gasteiger partial charge is 0.351 e. The molecule has 2 aromatic carbocycles. The molecule has 2 aromatic rings. The zero-order valence-corrected chi connectivity index (χ0v) is 20.4. The Bertz CT molecular complexity index is 894. The Balaban J connectivity index is 0.000000481. The first kappa shape index (κ1) is 26.5. The maximum absolute atomic E-state index is 9.04. The molecule has 0 bridgehead atoms. The number of aliphatic carboxylic acids is 2. The van der Waals surface area contributed by atoms with Crippen LogP contribution >= 0.6 is 11.8 Å². The van der Waals surface area contributed by atoms with Crippen LogP contribution in [0.25, 0.3) is 10.8 Å². The van der Waals surface area contributed by atoms with Gasteiger partial charge >= 0.3 is 5.97 Å². The molecule has 0 saturated carbocycles. The van der Waals surface area contributed by atoms with Crippen molar-refractivity contribution >= 4 is 34.5 Å². The third-order valence-corrected chi connectivity index (χ3v) is 7.54. The second-order valence-corrected chi connectivity index (χ2v) is 10.0. The van der Waals surface area contributed by atoms with Gasteiger partial charge < -0.3 is 29.4 Å². The fourth-order valence-corrected chi connectivity index (χ4v) is 5.76. The topological polar surface area (TPSA) is 100 Å². The Morgan fingerprint density at radius 2 is 1.85 bits per heavy atom. The van der Waals surface area contributed by atoms with Crippen molar-refractivity contribution in [2.45, 2.75) is 31.8 Å². The predicted molar refractivity (Wildman–Crippen MR) is 131 cm³/mol. The zero-order chi connectivity index (χ0) is 24.2. The van der Waals surface area contributed by atoms with Gasteiger partial charge in [-0.15, -0.1) is 0 Å². The maximum Gasteiger partial charge on any atom is 0.351 e. The average Bonchev–Trinajstić information content (AvgIpc) is 3.36. The number of quaternary nitrogens is 1. The van der Waals surface area contributed by atoms with E-state index in [0.29, 0.717) is 12.0 Å². The number of carbonyl (C=O) groups excluding carboxylic acids is 1. The van der Waals surface area contributed by atoms with Crippen LogP contribution in [0.1, 0.15) is 24.8 Å². The highest BCUT2D eigenvalue weighted by molar-refractivity contribution is 7.99. The first-order chi connectivity index (χ1) is 16.5. The minimum atomic E-state index is -2.07. The van der Waals surface area contributed by atoms with Crippen LogP contribution in [0.4, 0.5) is 0 Å². The largest absolute Gasteiger partial charge is 0.539 e. The van der Waals surface area contributed by atoms with Gasteiger partial charge in [0, 0.05) is 12.4 Å². The molecule has 186 valence electrons. The van der Waals surface area contributed by atoms with Crippen LogP contribution in [0.3, 0.4) is 0 Å². The standard InChI is InChI=1S/C24H33NO2S.C2H2O4/c1-2-9-24-21(5-1)6-3-7-22(24)17-20(18-23-8-4-13-27-23)19-28-16-12-25-10-14-26-15-11-25;3-1(4)2(5)6/h1-3,5-7,9,20,23H,4,8,10-19H2;(H,3,4)(H,5,6). The number of carbonyl (C=O) groups is 2. The molecule has 2 atom stereocenters. The van der Waals surface area contributed by atoms with Gasteiger partial charge in [-0.05, 0) is 53.7 Å². The lowest BCUT2D eigenvalue weighted by Crippen LogP contribution is -3.14. The molecule has 0 amide bonds. The van der Waals surface area contributed by atoms with E-state index in [1.807, 2.05) is 0 Å². The van der Waals surface area contributed by atoms with Gasteiger partial charge in [0.2, 0.25) is 0 Å². The van der Waals surface area contributed by atoms with E-state index in [1.54, 1.807) is 4.90 Å². The van der Waals surface area contributed by atoms with Crippen LogP contribution in [-0.2, 0) is 25.5 Å². The lowest BCUT2D eigenvalue weighted by Gasteiger charge is -2.24. The summed E-state index contributed by atoms with van der Waals surface area (Å²) in [7, 11) is 0. The van der Waals surface area contributed by atoms with Gasteiger partial charge in [-0.25, -0.2) is 4.79 Å². The normalized spacial score (nSPS) is 19.4. The number of fused-ring (bicyclic) bond motifs is 1. The monoisotopic (exact) mass is 489 g/mol. The van der Waals surface area contributed by atoms with Gasteiger partial charge in [-0.1, -0.05) is 42.5 Å². The third-order valence-electron chi connectivity index (χ3n) is 6.34. The molecule has 0 radical (unpaired) electrons. The lowest BCUT2D eigenvalue weighted by molar-refractivity contribution is -0.905. The van der Waals surface area contributed by atoms with Crippen LogP contribution < -0.4 is 10.0 Å². The molecule has 2 fully saturated rings. The van der Waals surface area contributed by atoms with E-state index in [4.69, 9.17) is 29.3 Å². The van der Waals surface area contributed by atoms with Crippen molar-refractivity contribution in [3.8, 4) is 0 Å². The molecule has 34 heavy (non-hydrogen) atoms. The van der Waals surface area contributed by atoms with Crippen molar-refractivity contribution in [1.82, 2.24) is 0 Å². The average molecular weight is 490 g/mol. The van der Waals surface area contributed by atoms with Crippen LogP contribution in [0.5, 0.6) is 0 Å². The van der Waals surface area contributed by atoms with E-state index in [1.165, 1.54) is 73.2 Å². The SMILES string of the molecule is O=C([O-])C(=O)O.c1ccc2c(CC(CSCC[NH+]3CCOCC3)CC3CCCO3)cccc2c1. The van der Waals surface area contributed by atoms with Crippen LogP contribution in [-0.4, -0.2) is 74.1 Å². The van der Waals surface area contributed by atoms with Crippen LogP contribution in [0, 0.1) is 5.92 Å². The van der Waals surface area contributed by atoms with Gasteiger partial charge in [0.15, 0.2) is 5.97 Å². The molecule has 8 heteroatoms. The van der Waals surface area contributed by atoms with Crippen LogP contribution in [0.2, 0.25) is 0 Å². The summed E-state index contributed by atoms with van der Waals surface area (Å²) < 4.78 is 11.5. The molecule has 0 aliphatic carbocycles. The number of ether oxygens (including phenoxy) is 2. The molecule has 7 nitrogen and oxygen atoms in total. The Kier molecular flexibility index (Phi) is 11.1. The first-order valence-electron chi connectivity index (χ1n) is 12.0. The predicted octanol–water partition coefficient (Wildman–Crippen LogP) is 1.04. The van der Waals surface area contributed by atoms with Crippen molar-refractivity contribution in [3.05, 3.63) is 48.0 Å². The number of hydrogen-bond acceptors (Lipinski definition) is 6. The number of thioether (sulfide) groups is 1. The van der Waals surface area contributed by atoms with Gasteiger partial charge in [0.1, 0.15) is 13.1 Å². The number of morpholine rings is 1. The molecule has 2 saturated heterocycles. The van der Waals surface area contributed by atoms with Crippen molar-refractivity contribution in [3.63, 3.8) is 0 Å². The van der Waals surface area contributed by atoms with Crippen molar-refractivity contribution in [1.29, 1.82) is 0 Å². The van der Waals surface area contributed by atoms with E-state index < -0.39 is 11.9 Å². The molecule has 2 aliphatic rings. The minimum Gasteiger partial charge on any atom is -0.539 e. The molecule has 0 spiro atoms. The first-order valence-corrected chi connectivity index (χ1v) is 13.2. The lowest BCUT2D eigenvalue weighted by atomic mass is 9.91. The van der Waals surface area contributed by atoms with E-state index in [2.05, 4.69) is 54.2 Å². The summed E-state index contributed by atoms with van der Waals surface area (Å²) in [5.74, 6) is -0.816. The summed E-state index contributed by atoms with van der Waals surface area (Å²) in [6.45, 7) is 6.45. The molecular weight excluding hydrogens is 454 g/mol. The summed E-state index contributed by atoms with van der Waals surface area (Å²) in [5.41, 5.74) is 1.50. The summed E-state index contributed by atoms with van der Waals surface area (Å²) in [6.07, 6.45) is 5.33. The van der Waals surface area contributed by atoms with Crippen molar-refractivity contribution < 1.29 is 34.2 Å². The summed E-state index contributed by atoms with van der Waals surface area (Å²) in [4.78, 5) is 19.7. The summed E-state index contributed by atoms with van der Waals surface area (Å²) in [6, 6.07) is 15.6. The molecule has 2 heterocycles. The number of benzene rings is 2. The molecule has 2 aliphatic heterocycles. The Morgan fingerprint density at radius 3 is 2.56 bits per heavy atom. The number of nitrogens with one attached hydrogen (secondary N) is 1. The third kappa shape index (κ3) is 8.91. The number of hydrogen-bond donors (Lipinski definition) is 2. The fraction of sp³-hybridized carbons (Fsp3) is 0.538. The Morgan fingerprint density at radius 1 is 1.12 bits per heavy atom. The highest BCUT2D eigenvalue weighted by atomic mass is 32.2. The highest BCUT2D eigenvalue weighted by Crippen LogP contribution is 2.28. The van der Waals surface area contributed by atoms with E-state index >= 15 is 0 Å². The molecule has 0 aromatic heterocycles. The van der Waals surface area contributed by atoms with Gasteiger partial charge in [-0.2, -0.15) is 11.8 Å². The van der Waals surface area contributed by atoms with E-state index in [0.717, 1.165) is 19.8 Å². The fourth-order valence-electron chi connectivity index (χ4n) is 4.57. The Hall–Kier alpha value is -2.13. The molecular formula is C26H35NO6S. The second-order valence-electron chi connectivity index (χ2n) is 8.86. The number of rotatable bonds is 9. The second kappa shape index (κ2) is 14.3. The number of carboxylic acids is 2. The maximum atomic E-state index is 9.04. The minimum absolute atomic E-state index is 0.477. The van der Waals surface area contributed by atoms with Crippen molar-refractivity contribution in [2.75, 3.05) is 51.0 Å². The molecule has 2 unspecified atom stereocenters. The quantitative estimate of drug-likeness (QED) is 0.401. The number of carboxylic acid groups (broad SMARTS) is 2. The van der Waals surface area contributed by atoms with Gasteiger partial charge in [0.25, 0.3) is 0 Å². The molecule has 2 N–H and O–H groups in total. The zero-order valence-electron chi connectivity index (χ0n) is 19.6. The summed E-state index contributed by atoms with van der Waals surface area (Å²) >= 11 is 2.15. The Labute approximate surface area is 205 Å². The van der Waals surface area contributed by atoms with Gasteiger partial charge in [-0.3, -0.25) is 0 Å². The van der Waals surface area contributed by atoms with E-state index in [9.17, 15) is 0 Å². The van der Waals surface area contributed by atoms with Crippen LogP contribution in [0.15, 0.2) is 42.5 Å². The van der Waals surface area contributed by atoms with E-state index in [-0.39, 0.29) is 0 Å². The molecule has 4 rings (SSSR count).